The molecule has 4 heterocycles. The SMILES string of the molecule is Cc1nc2c(C(=O)N3CC4(CNC(=O)N4C)C3)ccnc2n1C. The Morgan fingerprint density at radius 3 is 2.74 bits per heavy atom. The molecule has 0 bridgehead atoms. The van der Waals surface area contributed by atoms with Crippen LogP contribution in [0, 0.1) is 6.92 Å². The number of aryl methyl sites for hydroxylation is 2. The van der Waals surface area contributed by atoms with Crippen molar-refractivity contribution in [3.05, 3.63) is 23.7 Å². The van der Waals surface area contributed by atoms with Gasteiger partial charge in [-0.25, -0.2) is 14.8 Å². The molecule has 0 saturated carbocycles. The highest BCUT2D eigenvalue weighted by Crippen LogP contribution is 2.31. The Kier molecular flexibility index (Phi) is 2.70. The fraction of sp³-hybridized carbons (Fsp3) is 0.467. The summed E-state index contributed by atoms with van der Waals surface area (Å²) in [5.74, 6) is 0.757. The van der Waals surface area contributed by atoms with Gasteiger partial charge in [-0.2, -0.15) is 0 Å². The van der Waals surface area contributed by atoms with Crippen molar-refractivity contribution in [2.45, 2.75) is 12.5 Å². The third kappa shape index (κ3) is 1.77. The summed E-state index contributed by atoms with van der Waals surface area (Å²) in [6.45, 7) is 3.55. The van der Waals surface area contributed by atoms with Gasteiger partial charge in [0.1, 0.15) is 11.3 Å². The second-order valence-corrected chi connectivity index (χ2v) is 6.35. The Labute approximate surface area is 133 Å². The van der Waals surface area contributed by atoms with E-state index in [4.69, 9.17) is 0 Å². The van der Waals surface area contributed by atoms with Crippen LogP contribution in [0.1, 0.15) is 16.2 Å². The van der Waals surface area contributed by atoms with Gasteiger partial charge in [-0.05, 0) is 13.0 Å². The summed E-state index contributed by atoms with van der Waals surface area (Å²) < 4.78 is 1.87. The maximum Gasteiger partial charge on any atom is 0.317 e. The predicted octanol–water partition coefficient (Wildman–Crippen LogP) is 0.126. The van der Waals surface area contributed by atoms with Crippen LogP contribution in [0.15, 0.2) is 12.3 Å². The number of imidazole rings is 1. The molecule has 2 aliphatic heterocycles. The summed E-state index contributed by atoms with van der Waals surface area (Å²) in [4.78, 5) is 36.7. The first-order valence-electron chi connectivity index (χ1n) is 7.52. The molecule has 0 radical (unpaired) electrons. The van der Waals surface area contributed by atoms with E-state index in [9.17, 15) is 9.59 Å². The van der Waals surface area contributed by atoms with Crippen molar-refractivity contribution in [2.24, 2.45) is 7.05 Å². The van der Waals surface area contributed by atoms with Gasteiger partial charge < -0.3 is 19.7 Å². The number of likely N-dealkylation sites (tertiary alicyclic amines) is 1. The fourth-order valence-corrected chi connectivity index (χ4v) is 3.36. The molecule has 2 fully saturated rings. The molecule has 120 valence electrons. The van der Waals surface area contributed by atoms with Crippen LogP contribution in [0.2, 0.25) is 0 Å². The average molecular weight is 314 g/mol. The molecule has 2 aromatic heterocycles. The Bertz CT molecular complexity index is 836. The number of urea groups is 1. The maximum atomic E-state index is 12.8. The molecule has 3 amide bonds. The largest absolute Gasteiger partial charge is 0.335 e. The number of amides is 3. The number of likely N-dealkylation sites (N-methyl/N-ethyl adjacent to an activating group) is 1. The maximum absolute atomic E-state index is 12.8. The van der Waals surface area contributed by atoms with Gasteiger partial charge in [-0.15, -0.1) is 0 Å². The van der Waals surface area contributed by atoms with E-state index in [-0.39, 0.29) is 17.5 Å². The Morgan fingerprint density at radius 2 is 2.09 bits per heavy atom. The standard InChI is InChI=1S/C15H18N6O2/c1-9-18-11-10(4-5-16-12(11)19(9)2)13(22)21-7-15(8-21)6-17-14(23)20(15)3/h4-5H,6-8H2,1-3H3,(H,17,23). The first kappa shape index (κ1) is 14.0. The van der Waals surface area contributed by atoms with Gasteiger partial charge in [0.05, 0.1) is 11.1 Å². The summed E-state index contributed by atoms with van der Waals surface area (Å²) in [5, 5.41) is 2.83. The third-order valence-corrected chi connectivity index (χ3v) is 5.05. The van der Waals surface area contributed by atoms with Crippen LogP contribution in [-0.2, 0) is 7.05 Å². The molecular formula is C15H18N6O2. The zero-order valence-corrected chi connectivity index (χ0v) is 13.3. The highest BCUT2D eigenvalue weighted by atomic mass is 16.2. The van der Waals surface area contributed by atoms with Crippen LogP contribution in [0.25, 0.3) is 11.2 Å². The highest BCUT2D eigenvalue weighted by Gasteiger charge is 2.53. The molecule has 2 aliphatic rings. The number of hydrogen-bond acceptors (Lipinski definition) is 4. The summed E-state index contributed by atoms with van der Waals surface area (Å²) in [6.07, 6.45) is 1.64. The lowest BCUT2D eigenvalue weighted by atomic mass is 9.89. The molecule has 23 heavy (non-hydrogen) atoms. The van der Waals surface area contributed by atoms with Crippen LogP contribution in [0.5, 0.6) is 0 Å². The Balaban J connectivity index is 1.62. The van der Waals surface area contributed by atoms with E-state index in [2.05, 4.69) is 15.3 Å². The van der Waals surface area contributed by atoms with Crippen LogP contribution >= 0.6 is 0 Å². The van der Waals surface area contributed by atoms with Gasteiger partial charge in [0.15, 0.2) is 5.65 Å². The van der Waals surface area contributed by atoms with E-state index < -0.39 is 0 Å². The number of carbonyl (C=O) groups is 2. The number of hydrogen-bond donors (Lipinski definition) is 1. The zero-order chi connectivity index (χ0) is 16.4. The lowest BCUT2D eigenvalue weighted by Gasteiger charge is -2.50. The molecule has 2 aromatic rings. The number of nitrogens with zero attached hydrogens (tertiary/aromatic N) is 5. The summed E-state index contributed by atoms with van der Waals surface area (Å²) >= 11 is 0. The quantitative estimate of drug-likeness (QED) is 0.811. The van der Waals surface area contributed by atoms with E-state index in [1.165, 1.54) is 0 Å². The number of aromatic nitrogens is 3. The first-order chi connectivity index (χ1) is 10.9. The van der Waals surface area contributed by atoms with Gasteiger partial charge in [-0.3, -0.25) is 4.79 Å². The second kappa shape index (κ2) is 4.43. The van der Waals surface area contributed by atoms with Crippen molar-refractivity contribution in [3.63, 3.8) is 0 Å². The first-order valence-corrected chi connectivity index (χ1v) is 7.52. The minimum atomic E-state index is -0.265. The summed E-state index contributed by atoms with van der Waals surface area (Å²) in [5.41, 5.74) is 1.64. The van der Waals surface area contributed by atoms with Crippen LogP contribution in [0.3, 0.4) is 0 Å². The molecule has 2 saturated heterocycles. The van der Waals surface area contributed by atoms with Gasteiger partial charge in [0.2, 0.25) is 0 Å². The van der Waals surface area contributed by atoms with E-state index in [0.717, 1.165) is 5.82 Å². The van der Waals surface area contributed by atoms with E-state index >= 15 is 0 Å². The van der Waals surface area contributed by atoms with E-state index in [1.807, 2.05) is 18.5 Å². The van der Waals surface area contributed by atoms with E-state index in [1.54, 1.807) is 29.1 Å². The fourth-order valence-electron chi connectivity index (χ4n) is 3.36. The minimum absolute atomic E-state index is 0.0612. The van der Waals surface area contributed by atoms with Gasteiger partial charge in [0, 0.05) is 39.9 Å². The zero-order valence-electron chi connectivity index (χ0n) is 13.3. The molecule has 8 heteroatoms. The predicted molar refractivity (Wildman–Crippen MR) is 83.0 cm³/mol. The third-order valence-electron chi connectivity index (χ3n) is 5.05. The number of nitrogens with one attached hydrogen (secondary N) is 1. The molecule has 0 aliphatic carbocycles. The van der Waals surface area contributed by atoms with Crippen molar-refractivity contribution in [2.75, 3.05) is 26.7 Å². The van der Waals surface area contributed by atoms with Gasteiger partial charge in [-0.1, -0.05) is 0 Å². The molecule has 1 N–H and O–H groups in total. The van der Waals surface area contributed by atoms with E-state index in [0.29, 0.717) is 36.4 Å². The van der Waals surface area contributed by atoms with Crippen LogP contribution < -0.4 is 5.32 Å². The number of fused-ring (bicyclic) bond motifs is 1. The topological polar surface area (TPSA) is 83.4 Å². The molecule has 1 spiro atoms. The van der Waals surface area contributed by atoms with Gasteiger partial charge in [0.25, 0.3) is 5.91 Å². The molecular weight excluding hydrogens is 296 g/mol. The van der Waals surface area contributed by atoms with Crippen molar-refractivity contribution in [1.82, 2.24) is 29.7 Å². The van der Waals surface area contributed by atoms with Crippen molar-refractivity contribution < 1.29 is 9.59 Å². The number of pyridine rings is 1. The monoisotopic (exact) mass is 314 g/mol. The smallest absolute Gasteiger partial charge is 0.317 e. The van der Waals surface area contributed by atoms with Crippen molar-refractivity contribution >= 4 is 23.1 Å². The molecule has 4 rings (SSSR count). The lowest BCUT2D eigenvalue weighted by Crippen LogP contribution is -2.70. The summed E-state index contributed by atoms with van der Waals surface area (Å²) in [7, 11) is 3.66. The van der Waals surface area contributed by atoms with Gasteiger partial charge >= 0.3 is 6.03 Å². The minimum Gasteiger partial charge on any atom is -0.335 e. The van der Waals surface area contributed by atoms with Crippen molar-refractivity contribution in [1.29, 1.82) is 0 Å². The molecule has 0 aromatic carbocycles. The molecule has 0 atom stereocenters. The second-order valence-electron chi connectivity index (χ2n) is 6.35. The lowest BCUT2D eigenvalue weighted by molar-refractivity contribution is 0.00790. The normalized spacial score (nSPS) is 19.3. The molecule has 8 nitrogen and oxygen atoms in total. The molecule has 0 unspecified atom stereocenters. The number of carbonyl (C=O) groups excluding carboxylic acids is 2. The average Bonchev–Trinajstić information content (AvgIpc) is 2.96. The van der Waals surface area contributed by atoms with Crippen LogP contribution in [-0.4, -0.2) is 68.5 Å². The highest BCUT2D eigenvalue weighted by molar-refractivity contribution is 6.04. The number of rotatable bonds is 1. The summed E-state index contributed by atoms with van der Waals surface area (Å²) in [6, 6.07) is 1.63. The van der Waals surface area contributed by atoms with Crippen molar-refractivity contribution in [3.8, 4) is 0 Å². The Morgan fingerprint density at radius 1 is 1.35 bits per heavy atom. The van der Waals surface area contributed by atoms with Crippen LogP contribution in [0.4, 0.5) is 4.79 Å². The Hall–Kier alpha value is -2.64.